The number of hydrogen-bond acceptors (Lipinski definition) is 2. The second-order valence-electron chi connectivity index (χ2n) is 4.32. The van der Waals surface area contributed by atoms with E-state index in [-0.39, 0.29) is 0 Å². The van der Waals surface area contributed by atoms with Gasteiger partial charge in [-0.1, -0.05) is 17.9 Å². The molecule has 0 spiro atoms. The molecular formula is C17H16ClNO. The third kappa shape index (κ3) is 4.60. The Bertz CT molecular complexity index is 611. The minimum atomic E-state index is 0.471. The maximum Gasteiger partial charge on any atom is 0.130 e. The van der Waals surface area contributed by atoms with Gasteiger partial charge in [-0.3, -0.25) is 4.98 Å². The van der Waals surface area contributed by atoms with Crippen molar-refractivity contribution in [3.8, 4) is 17.6 Å². The average Bonchev–Trinajstić information content (AvgIpc) is 2.47. The highest BCUT2D eigenvalue weighted by molar-refractivity contribution is 6.18. The summed E-state index contributed by atoms with van der Waals surface area (Å²) in [5, 5.41) is 0. The van der Waals surface area contributed by atoms with Gasteiger partial charge in [0.25, 0.3) is 0 Å². The summed E-state index contributed by atoms with van der Waals surface area (Å²) in [6.07, 6.45) is 0.707. The molecule has 0 aliphatic heterocycles. The second kappa shape index (κ2) is 7.57. The monoisotopic (exact) mass is 285 g/mol. The predicted octanol–water partition coefficient (Wildman–Crippen LogP) is 3.95. The molecule has 0 bridgehead atoms. The van der Waals surface area contributed by atoms with E-state index >= 15 is 0 Å². The first-order valence-corrected chi connectivity index (χ1v) is 7.01. The van der Waals surface area contributed by atoms with Gasteiger partial charge < -0.3 is 4.74 Å². The molecule has 0 unspecified atom stereocenters. The topological polar surface area (TPSA) is 22.1 Å². The van der Waals surface area contributed by atoms with Gasteiger partial charge in [-0.2, -0.15) is 0 Å². The predicted molar refractivity (Wildman–Crippen MR) is 82.0 cm³/mol. The van der Waals surface area contributed by atoms with Crippen LogP contribution in [-0.2, 0) is 6.61 Å². The highest BCUT2D eigenvalue weighted by Crippen LogP contribution is 2.13. The smallest absolute Gasteiger partial charge is 0.130 e. The Hall–Kier alpha value is -1.98. The van der Waals surface area contributed by atoms with Gasteiger partial charge >= 0.3 is 0 Å². The highest BCUT2D eigenvalue weighted by Gasteiger charge is 1.97. The number of aromatic nitrogens is 1. The Morgan fingerprint density at radius 2 is 1.95 bits per heavy atom. The molecular weight excluding hydrogens is 270 g/mol. The van der Waals surface area contributed by atoms with E-state index in [1.165, 1.54) is 0 Å². The summed E-state index contributed by atoms with van der Waals surface area (Å²) in [7, 11) is 0. The van der Waals surface area contributed by atoms with Gasteiger partial charge in [-0.05, 0) is 43.3 Å². The van der Waals surface area contributed by atoms with Crippen molar-refractivity contribution in [1.82, 2.24) is 4.98 Å². The second-order valence-corrected chi connectivity index (χ2v) is 4.70. The van der Waals surface area contributed by atoms with Crippen molar-refractivity contribution in [3.63, 3.8) is 0 Å². The zero-order valence-corrected chi connectivity index (χ0v) is 12.2. The average molecular weight is 286 g/mol. The molecule has 0 amide bonds. The lowest BCUT2D eigenvalue weighted by Crippen LogP contribution is -1.98. The maximum absolute atomic E-state index is 5.70. The lowest BCUT2D eigenvalue weighted by molar-refractivity contribution is 0.301. The van der Waals surface area contributed by atoms with E-state index < -0.39 is 0 Å². The molecule has 0 N–H and O–H groups in total. The SMILES string of the molecule is Cc1cccc(COc2ccc(C#CCCCl)cc2)n1. The molecule has 1 aromatic carbocycles. The largest absolute Gasteiger partial charge is 0.487 e. The van der Waals surface area contributed by atoms with E-state index in [0.29, 0.717) is 18.9 Å². The fourth-order valence-corrected chi connectivity index (χ4v) is 1.78. The lowest BCUT2D eigenvalue weighted by atomic mass is 10.2. The van der Waals surface area contributed by atoms with E-state index in [1.807, 2.05) is 49.4 Å². The minimum Gasteiger partial charge on any atom is -0.487 e. The van der Waals surface area contributed by atoms with Crippen LogP contribution in [0.25, 0.3) is 0 Å². The normalized spacial score (nSPS) is 9.70. The molecule has 0 saturated heterocycles. The number of aryl methyl sites for hydroxylation is 1. The van der Waals surface area contributed by atoms with Crippen molar-refractivity contribution in [3.05, 3.63) is 59.4 Å². The van der Waals surface area contributed by atoms with Gasteiger partial charge in [0.05, 0.1) is 5.69 Å². The zero-order chi connectivity index (χ0) is 14.2. The Morgan fingerprint density at radius 3 is 2.65 bits per heavy atom. The van der Waals surface area contributed by atoms with Crippen LogP contribution in [0.15, 0.2) is 42.5 Å². The number of benzene rings is 1. The molecule has 102 valence electrons. The number of ether oxygens (including phenoxy) is 1. The fourth-order valence-electron chi connectivity index (χ4n) is 1.68. The number of halogens is 1. The van der Waals surface area contributed by atoms with E-state index in [9.17, 15) is 0 Å². The van der Waals surface area contributed by atoms with Crippen molar-refractivity contribution >= 4 is 11.6 Å². The fraction of sp³-hybridized carbons (Fsp3) is 0.235. The lowest BCUT2D eigenvalue weighted by Gasteiger charge is -2.06. The number of nitrogens with zero attached hydrogens (tertiary/aromatic N) is 1. The van der Waals surface area contributed by atoms with E-state index in [2.05, 4.69) is 16.8 Å². The van der Waals surface area contributed by atoms with E-state index in [1.54, 1.807) is 0 Å². The number of hydrogen-bond donors (Lipinski definition) is 0. The molecule has 20 heavy (non-hydrogen) atoms. The molecule has 0 atom stereocenters. The van der Waals surface area contributed by atoms with Crippen molar-refractivity contribution < 1.29 is 4.74 Å². The van der Waals surface area contributed by atoms with Gasteiger partial charge in [0.1, 0.15) is 12.4 Å². The van der Waals surface area contributed by atoms with Gasteiger partial charge in [-0.15, -0.1) is 11.6 Å². The molecule has 1 aromatic heterocycles. The summed E-state index contributed by atoms with van der Waals surface area (Å²) in [5.41, 5.74) is 2.89. The summed E-state index contributed by atoms with van der Waals surface area (Å²) >= 11 is 5.58. The van der Waals surface area contributed by atoms with Crippen molar-refractivity contribution in [1.29, 1.82) is 0 Å². The van der Waals surface area contributed by atoms with E-state index in [0.717, 1.165) is 22.7 Å². The molecule has 1 heterocycles. The first-order valence-electron chi connectivity index (χ1n) is 6.48. The van der Waals surface area contributed by atoms with Crippen LogP contribution in [0, 0.1) is 18.8 Å². The van der Waals surface area contributed by atoms with Gasteiger partial charge in [0, 0.05) is 23.6 Å². The molecule has 2 aromatic rings. The van der Waals surface area contributed by atoms with Crippen LogP contribution in [0.4, 0.5) is 0 Å². The van der Waals surface area contributed by atoms with Crippen LogP contribution in [0.5, 0.6) is 5.75 Å². The first-order chi connectivity index (χ1) is 9.78. The first kappa shape index (κ1) is 14.4. The molecule has 0 aliphatic rings. The van der Waals surface area contributed by atoms with Crippen molar-refractivity contribution in [2.75, 3.05) is 5.88 Å². The molecule has 0 saturated carbocycles. The zero-order valence-electron chi connectivity index (χ0n) is 11.4. The molecule has 2 nitrogen and oxygen atoms in total. The number of pyridine rings is 1. The van der Waals surface area contributed by atoms with Crippen LogP contribution in [-0.4, -0.2) is 10.9 Å². The quantitative estimate of drug-likeness (QED) is 0.627. The van der Waals surface area contributed by atoms with Crippen molar-refractivity contribution in [2.24, 2.45) is 0 Å². The van der Waals surface area contributed by atoms with Crippen molar-refractivity contribution in [2.45, 2.75) is 20.0 Å². The molecule has 2 rings (SSSR count). The summed E-state index contributed by atoms with van der Waals surface area (Å²) in [6.45, 7) is 2.44. The third-order valence-electron chi connectivity index (χ3n) is 2.64. The maximum atomic E-state index is 5.70. The molecule has 0 aliphatic carbocycles. The highest BCUT2D eigenvalue weighted by atomic mass is 35.5. The van der Waals surface area contributed by atoms with Gasteiger partial charge in [0.2, 0.25) is 0 Å². The van der Waals surface area contributed by atoms with Gasteiger partial charge in [0.15, 0.2) is 0 Å². The Morgan fingerprint density at radius 1 is 1.15 bits per heavy atom. The van der Waals surface area contributed by atoms with Crippen LogP contribution >= 0.6 is 11.6 Å². The molecule has 3 heteroatoms. The summed E-state index contributed by atoms with van der Waals surface area (Å²) in [5.74, 6) is 7.44. The van der Waals surface area contributed by atoms with Crippen LogP contribution in [0.1, 0.15) is 23.4 Å². The van der Waals surface area contributed by atoms with Crippen LogP contribution in [0.3, 0.4) is 0 Å². The third-order valence-corrected chi connectivity index (χ3v) is 2.83. The summed E-state index contributed by atoms with van der Waals surface area (Å²) in [4.78, 5) is 4.40. The summed E-state index contributed by atoms with van der Waals surface area (Å²) in [6, 6.07) is 13.6. The Kier molecular flexibility index (Phi) is 5.46. The number of rotatable bonds is 4. The standard InChI is InChI=1S/C17H16ClNO/c1-14-5-4-7-16(19-14)13-20-17-10-8-15(9-11-17)6-2-3-12-18/h4-5,7-11H,3,12-13H2,1H3. The van der Waals surface area contributed by atoms with Crippen LogP contribution in [0.2, 0.25) is 0 Å². The Balaban J connectivity index is 1.93. The minimum absolute atomic E-state index is 0.471. The van der Waals surface area contributed by atoms with Gasteiger partial charge in [-0.25, -0.2) is 0 Å². The molecule has 0 fully saturated rings. The number of alkyl halides is 1. The Labute approximate surface area is 124 Å². The summed E-state index contributed by atoms with van der Waals surface area (Å²) < 4.78 is 5.70. The molecule has 0 radical (unpaired) electrons. The van der Waals surface area contributed by atoms with Crippen LogP contribution < -0.4 is 4.74 Å². The van der Waals surface area contributed by atoms with E-state index in [4.69, 9.17) is 16.3 Å².